The maximum atomic E-state index is 13.5. The van der Waals surface area contributed by atoms with Crippen LogP contribution >= 0.6 is 0 Å². The van der Waals surface area contributed by atoms with Crippen molar-refractivity contribution < 1.29 is 49.7 Å². The zero-order valence-corrected chi connectivity index (χ0v) is 18.4. The van der Waals surface area contributed by atoms with Gasteiger partial charge < -0.3 is 10.2 Å². The molecular formula is C21H27F9O2. The third-order valence-electron chi connectivity index (χ3n) is 5.37. The molecule has 0 bridgehead atoms. The highest BCUT2D eigenvalue weighted by molar-refractivity contribution is 5.40. The van der Waals surface area contributed by atoms with E-state index in [-0.39, 0.29) is 25.0 Å². The van der Waals surface area contributed by atoms with E-state index in [2.05, 4.69) is 0 Å². The number of rotatable bonds is 5. The van der Waals surface area contributed by atoms with Crippen LogP contribution in [0, 0.1) is 11.3 Å². The van der Waals surface area contributed by atoms with Crippen molar-refractivity contribution in [3.05, 3.63) is 34.9 Å². The standard InChI is InChI=1S/C21H27F9O2/c1-11(2)15(10-16(3,4)5)12-7-13(17(6,31)19(22,23)24)9-14(8-12)18(32,20(25,26)27)21(28,29)30/h7-9,11,15,31-32H,10H2,1-6H3. The lowest BCUT2D eigenvalue weighted by atomic mass is 9.74. The van der Waals surface area contributed by atoms with Gasteiger partial charge in [0.2, 0.25) is 0 Å². The van der Waals surface area contributed by atoms with Crippen LogP contribution in [0.2, 0.25) is 0 Å². The Bertz CT molecular complexity index is 783. The quantitative estimate of drug-likeness (QED) is 0.446. The SMILES string of the molecule is CC(C)C(CC(C)(C)C)c1cc(C(C)(O)C(F)(F)F)cc(C(O)(C(F)(F)F)C(F)(F)F)c1. The zero-order valence-electron chi connectivity index (χ0n) is 18.4. The lowest BCUT2D eigenvalue weighted by molar-refractivity contribution is -0.376. The van der Waals surface area contributed by atoms with Crippen molar-refractivity contribution >= 4 is 0 Å². The van der Waals surface area contributed by atoms with Crippen LogP contribution in [-0.2, 0) is 11.2 Å². The first-order chi connectivity index (χ1) is 13.9. The first-order valence-electron chi connectivity index (χ1n) is 9.67. The molecule has 1 rings (SSSR count). The molecule has 0 heterocycles. The van der Waals surface area contributed by atoms with Gasteiger partial charge in [0.25, 0.3) is 5.60 Å². The summed E-state index contributed by atoms with van der Waals surface area (Å²) in [5, 5.41) is 19.8. The molecule has 0 aliphatic carbocycles. The van der Waals surface area contributed by atoms with E-state index in [1.807, 2.05) is 0 Å². The van der Waals surface area contributed by atoms with E-state index >= 15 is 0 Å². The van der Waals surface area contributed by atoms with Crippen molar-refractivity contribution in [2.24, 2.45) is 11.3 Å². The number of hydrogen-bond donors (Lipinski definition) is 2. The first kappa shape index (κ1) is 28.5. The summed E-state index contributed by atoms with van der Waals surface area (Å²) in [5.74, 6) is -1.15. The Morgan fingerprint density at radius 1 is 0.688 bits per heavy atom. The molecule has 2 atom stereocenters. The second-order valence-electron chi connectivity index (χ2n) is 9.73. The van der Waals surface area contributed by atoms with Gasteiger partial charge in [0, 0.05) is 5.56 Å². The minimum atomic E-state index is -6.29. The highest BCUT2D eigenvalue weighted by atomic mass is 19.4. The summed E-state index contributed by atoms with van der Waals surface area (Å²) >= 11 is 0. The largest absolute Gasteiger partial charge is 0.430 e. The minimum absolute atomic E-state index is 0.0908. The Morgan fingerprint density at radius 3 is 1.41 bits per heavy atom. The van der Waals surface area contributed by atoms with Crippen LogP contribution < -0.4 is 0 Å². The summed E-state index contributed by atoms with van der Waals surface area (Å²) < 4.78 is 121. The Labute approximate surface area is 180 Å². The van der Waals surface area contributed by atoms with Crippen LogP contribution in [0.15, 0.2) is 18.2 Å². The van der Waals surface area contributed by atoms with Crippen molar-refractivity contribution in [1.82, 2.24) is 0 Å². The zero-order chi connectivity index (χ0) is 25.7. The van der Waals surface area contributed by atoms with Crippen LogP contribution in [0.5, 0.6) is 0 Å². The van der Waals surface area contributed by atoms with Crippen molar-refractivity contribution in [3.8, 4) is 0 Å². The molecule has 2 N–H and O–H groups in total. The van der Waals surface area contributed by atoms with Crippen molar-refractivity contribution in [3.63, 3.8) is 0 Å². The number of halogens is 9. The second-order valence-corrected chi connectivity index (χ2v) is 9.73. The van der Waals surface area contributed by atoms with E-state index in [4.69, 9.17) is 0 Å². The van der Waals surface area contributed by atoms with Gasteiger partial charge in [-0.25, -0.2) is 0 Å². The predicted molar refractivity (Wildman–Crippen MR) is 99.7 cm³/mol. The van der Waals surface area contributed by atoms with Gasteiger partial charge in [-0.1, -0.05) is 46.8 Å². The van der Waals surface area contributed by atoms with E-state index in [1.165, 1.54) is 0 Å². The van der Waals surface area contributed by atoms with Crippen LogP contribution in [0.4, 0.5) is 39.5 Å². The van der Waals surface area contributed by atoms with E-state index in [1.54, 1.807) is 34.6 Å². The van der Waals surface area contributed by atoms with Gasteiger partial charge in [-0.3, -0.25) is 0 Å². The molecule has 2 unspecified atom stereocenters. The van der Waals surface area contributed by atoms with Crippen molar-refractivity contribution in [2.45, 2.75) is 83.6 Å². The Hall–Kier alpha value is -1.49. The first-order valence-corrected chi connectivity index (χ1v) is 9.67. The van der Waals surface area contributed by atoms with Crippen LogP contribution in [0.3, 0.4) is 0 Å². The summed E-state index contributed by atoms with van der Waals surface area (Å²) in [7, 11) is 0. The van der Waals surface area contributed by atoms with Gasteiger partial charge in [0.15, 0.2) is 5.60 Å². The maximum absolute atomic E-state index is 13.5. The van der Waals surface area contributed by atoms with Gasteiger partial charge >= 0.3 is 18.5 Å². The molecular weight excluding hydrogens is 455 g/mol. The number of aliphatic hydroxyl groups is 2. The molecule has 0 saturated carbocycles. The molecule has 0 aliphatic rings. The Kier molecular flexibility index (Phi) is 7.47. The smallest absolute Gasteiger partial charge is 0.376 e. The molecule has 1 aromatic rings. The monoisotopic (exact) mass is 482 g/mol. The molecule has 0 aromatic heterocycles. The Balaban J connectivity index is 4.06. The lowest BCUT2D eigenvalue weighted by Gasteiger charge is -2.36. The third kappa shape index (κ3) is 5.52. The highest BCUT2D eigenvalue weighted by Gasteiger charge is 2.71. The number of benzene rings is 1. The van der Waals surface area contributed by atoms with Crippen LogP contribution in [0.1, 0.15) is 70.6 Å². The second kappa shape index (κ2) is 8.38. The van der Waals surface area contributed by atoms with E-state index in [0.29, 0.717) is 6.07 Å². The van der Waals surface area contributed by atoms with Crippen molar-refractivity contribution in [2.75, 3.05) is 0 Å². The molecule has 186 valence electrons. The molecule has 0 saturated heterocycles. The van der Waals surface area contributed by atoms with Gasteiger partial charge in [-0.2, -0.15) is 39.5 Å². The van der Waals surface area contributed by atoms with Gasteiger partial charge in [-0.05, 0) is 47.8 Å². The highest BCUT2D eigenvalue weighted by Crippen LogP contribution is 2.52. The molecule has 2 nitrogen and oxygen atoms in total. The average Bonchev–Trinajstić information content (AvgIpc) is 2.54. The molecule has 1 aromatic carbocycles. The summed E-state index contributed by atoms with van der Waals surface area (Å²) in [4.78, 5) is 0. The number of hydrogen-bond acceptors (Lipinski definition) is 2. The molecule has 32 heavy (non-hydrogen) atoms. The normalized spacial score (nSPS) is 17.4. The fourth-order valence-corrected chi connectivity index (χ4v) is 3.41. The summed E-state index contributed by atoms with van der Waals surface area (Å²) in [6.07, 6.45) is -17.8. The molecule has 0 radical (unpaired) electrons. The Morgan fingerprint density at radius 2 is 1.09 bits per heavy atom. The summed E-state index contributed by atoms with van der Waals surface area (Å²) in [5.41, 5.74) is -13.0. The topological polar surface area (TPSA) is 40.5 Å². The van der Waals surface area contributed by atoms with Crippen molar-refractivity contribution in [1.29, 1.82) is 0 Å². The van der Waals surface area contributed by atoms with Crippen LogP contribution in [-0.4, -0.2) is 28.7 Å². The van der Waals surface area contributed by atoms with E-state index in [9.17, 15) is 49.7 Å². The van der Waals surface area contributed by atoms with Crippen LogP contribution in [0.25, 0.3) is 0 Å². The van der Waals surface area contributed by atoms with Gasteiger partial charge in [-0.15, -0.1) is 0 Å². The van der Waals surface area contributed by atoms with E-state index < -0.39 is 58.1 Å². The molecule has 0 spiro atoms. The average molecular weight is 482 g/mol. The number of alkyl halides is 9. The molecule has 0 aliphatic heterocycles. The fraction of sp³-hybridized carbons (Fsp3) is 0.714. The summed E-state index contributed by atoms with van der Waals surface area (Å²) in [6, 6.07) is 1.08. The molecule has 0 fully saturated rings. The maximum Gasteiger partial charge on any atom is 0.430 e. The lowest BCUT2D eigenvalue weighted by Crippen LogP contribution is -2.54. The molecule has 11 heteroatoms. The van der Waals surface area contributed by atoms with Gasteiger partial charge in [0.1, 0.15) is 0 Å². The minimum Gasteiger partial charge on any atom is -0.376 e. The molecule has 0 amide bonds. The fourth-order valence-electron chi connectivity index (χ4n) is 3.41. The summed E-state index contributed by atoms with van der Waals surface area (Å²) in [6.45, 7) is 8.71. The predicted octanol–water partition coefficient (Wildman–Crippen LogP) is 6.94. The van der Waals surface area contributed by atoms with E-state index in [0.717, 1.165) is 6.07 Å². The van der Waals surface area contributed by atoms with Gasteiger partial charge in [0.05, 0.1) is 0 Å². The third-order valence-corrected chi connectivity index (χ3v) is 5.37.